The molecule has 0 fully saturated rings. The van der Waals surface area contributed by atoms with Crippen LogP contribution in [0.15, 0.2) is 109 Å². The molecule has 230 valence electrons. The maximum Gasteiger partial charge on any atom is 0.0434 e. The minimum absolute atomic E-state index is 1.12. The molecule has 3 aromatic heterocycles. The normalized spacial score (nSPS) is 13.1. The van der Waals surface area contributed by atoms with Gasteiger partial charge in [0.25, 0.3) is 0 Å². The monoisotopic (exact) mass is 668 g/mol. The Bertz CT molecular complexity index is 2670. The molecule has 1 aliphatic rings. The van der Waals surface area contributed by atoms with E-state index in [9.17, 15) is 0 Å². The fourth-order valence-corrected chi connectivity index (χ4v) is 12.3. The van der Waals surface area contributed by atoms with Gasteiger partial charge in [-0.15, -0.1) is 34.0 Å². The van der Waals surface area contributed by atoms with Crippen LogP contribution in [0, 0.1) is 20.8 Å². The highest BCUT2D eigenvalue weighted by Crippen LogP contribution is 2.51. The van der Waals surface area contributed by atoms with E-state index in [0.29, 0.717) is 0 Å². The predicted molar refractivity (Wildman–Crippen MR) is 215 cm³/mol. The van der Waals surface area contributed by atoms with E-state index in [4.69, 9.17) is 0 Å². The van der Waals surface area contributed by atoms with E-state index >= 15 is 0 Å². The molecule has 0 saturated heterocycles. The zero-order valence-corrected chi connectivity index (χ0v) is 29.6. The molecule has 0 bridgehead atoms. The van der Waals surface area contributed by atoms with Crippen LogP contribution in [0.3, 0.4) is 0 Å². The lowest BCUT2D eigenvalue weighted by atomic mass is 9.80. The van der Waals surface area contributed by atoms with E-state index in [-0.39, 0.29) is 0 Å². The zero-order chi connectivity index (χ0) is 32.1. The highest BCUT2D eigenvalue weighted by atomic mass is 32.1. The first-order chi connectivity index (χ1) is 23.6. The van der Waals surface area contributed by atoms with Crippen LogP contribution in [0.4, 0.5) is 0 Å². The van der Waals surface area contributed by atoms with Gasteiger partial charge < -0.3 is 0 Å². The lowest BCUT2D eigenvalue weighted by Gasteiger charge is -2.24. The predicted octanol–water partition coefficient (Wildman–Crippen LogP) is 14.5. The van der Waals surface area contributed by atoms with Crippen LogP contribution in [-0.2, 0) is 6.42 Å². The van der Waals surface area contributed by atoms with Gasteiger partial charge in [-0.3, -0.25) is 0 Å². The van der Waals surface area contributed by atoms with Crippen LogP contribution < -0.4 is 0 Å². The second-order valence-electron chi connectivity index (χ2n) is 13.1. The van der Waals surface area contributed by atoms with E-state index < -0.39 is 0 Å². The largest absolute Gasteiger partial charge is 0.135 e. The van der Waals surface area contributed by atoms with Crippen molar-refractivity contribution in [3.63, 3.8) is 0 Å². The summed E-state index contributed by atoms with van der Waals surface area (Å²) in [5, 5.41) is 6.82. The van der Waals surface area contributed by atoms with Crippen LogP contribution >= 0.6 is 34.0 Å². The minimum Gasteiger partial charge on any atom is -0.135 e. The molecule has 3 heterocycles. The first-order valence-corrected chi connectivity index (χ1v) is 19.2. The Kier molecular flexibility index (Phi) is 6.37. The SMILES string of the molecule is Cc1c(-c2cccc3c4c(sc23)C=CCC4)c(C)c(-c2cccc3c2sc2ccccc23)c(C)c1-c1cccc2c1sc1ccccc12. The molecule has 0 nitrogen and oxygen atoms in total. The van der Waals surface area contributed by atoms with Crippen molar-refractivity contribution in [2.24, 2.45) is 0 Å². The third-order valence-electron chi connectivity index (χ3n) is 10.5. The van der Waals surface area contributed by atoms with Gasteiger partial charge in [-0.1, -0.05) is 97.1 Å². The Morgan fingerprint density at radius 3 is 1.40 bits per heavy atom. The van der Waals surface area contributed by atoms with Crippen LogP contribution in [-0.4, -0.2) is 0 Å². The van der Waals surface area contributed by atoms with Gasteiger partial charge in [0.15, 0.2) is 0 Å². The van der Waals surface area contributed by atoms with Crippen molar-refractivity contribution in [1.82, 2.24) is 0 Å². The standard InChI is InChI=1S/C45H32S3/c1-25-40(34-19-10-16-31-28-13-4-7-22-37(28)46-43(31)34)26(2)42(36-21-12-18-33-30-15-6-9-24-39(30)48-45(33)36)27(3)41(25)35-20-11-17-32-29-14-5-8-23-38(29)47-44(32)35/h4-5,7-14,16-24H,6,15H2,1-3H3. The highest BCUT2D eigenvalue weighted by Gasteiger charge is 2.26. The van der Waals surface area contributed by atoms with Gasteiger partial charge in [-0.2, -0.15) is 0 Å². The van der Waals surface area contributed by atoms with E-state index in [1.165, 1.54) is 111 Å². The number of thiophene rings is 3. The molecule has 3 heteroatoms. The van der Waals surface area contributed by atoms with Gasteiger partial charge in [0.2, 0.25) is 0 Å². The molecule has 1 aliphatic carbocycles. The average molecular weight is 669 g/mol. The van der Waals surface area contributed by atoms with Crippen molar-refractivity contribution in [2.45, 2.75) is 33.6 Å². The lowest BCUT2D eigenvalue weighted by Crippen LogP contribution is -2.01. The quantitative estimate of drug-likeness (QED) is 0.176. The molecule has 48 heavy (non-hydrogen) atoms. The summed E-state index contributed by atoms with van der Waals surface area (Å²) in [5.74, 6) is 0. The first kappa shape index (κ1) is 28.5. The Morgan fingerprint density at radius 2 is 0.875 bits per heavy atom. The smallest absolute Gasteiger partial charge is 0.0434 e. The number of allylic oxidation sites excluding steroid dienone is 1. The summed E-state index contributed by atoms with van der Waals surface area (Å²) in [6.45, 7) is 7.14. The fourth-order valence-electron chi connectivity index (χ4n) is 8.52. The highest BCUT2D eigenvalue weighted by molar-refractivity contribution is 7.26. The molecule has 0 saturated carbocycles. The van der Waals surface area contributed by atoms with Crippen molar-refractivity contribution < 1.29 is 0 Å². The van der Waals surface area contributed by atoms with Gasteiger partial charge in [0.05, 0.1) is 0 Å². The van der Waals surface area contributed by atoms with E-state index in [0.717, 1.165) is 12.8 Å². The second-order valence-corrected chi connectivity index (χ2v) is 16.3. The molecular weight excluding hydrogens is 637 g/mol. The van der Waals surface area contributed by atoms with Gasteiger partial charge in [-0.05, 0) is 96.2 Å². The Hall–Kier alpha value is -4.54. The summed E-state index contributed by atoms with van der Waals surface area (Å²) < 4.78 is 6.86. The third-order valence-corrected chi connectivity index (χ3v) is 14.2. The third kappa shape index (κ3) is 3.99. The average Bonchev–Trinajstić information content (AvgIpc) is 3.81. The summed E-state index contributed by atoms with van der Waals surface area (Å²) in [6.07, 6.45) is 6.94. The van der Waals surface area contributed by atoms with E-state index in [1.54, 1.807) is 0 Å². The Labute approximate surface area is 292 Å². The lowest BCUT2D eigenvalue weighted by molar-refractivity contribution is 1.01. The van der Waals surface area contributed by atoms with Gasteiger partial charge in [0, 0.05) is 66.6 Å². The number of rotatable bonds is 3. The number of hydrogen-bond donors (Lipinski definition) is 0. The Balaban J connectivity index is 1.36. The number of benzene rings is 6. The summed E-state index contributed by atoms with van der Waals surface area (Å²) in [5.41, 5.74) is 13.8. The molecular formula is C45H32S3. The van der Waals surface area contributed by atoms with Gasteiger partial charge >= 0.3 is 0 Å². The fraction of sp³-hybridized carbons (Fsp3) is 0.111. The molecule has 0 aliphatic heterocycles. The Morgan fingerprint density at radius 1 is 0.438 bits per heavy atom. The van der Waals surface area contributed by atoms with Crippen molar-refractivity contribution in [1.29, 1.82) is 0 Å². The maximum atomic E-state index is 2.38. The molecule has 0 N–H and O–H groups in total. The number of hydrogen-bond acceptors (Lipinski definition) is 3. The molecule has 0 spiro atoms. The van der Waals surface area contributed by atoms with Crippen LogP contribution in [0.2, 0.25) is 0 Å². The van der Waals surface area contributed by atoms with E-state index in [2.05, 4.69) is 136 Å². The molecule has 0 amide bonds. The summed E-state index contributed by atoms with van der Waals surface area (Å²) in [4.78, 5) is 1.43. The molecule has 6 aromatic carbocycles. The van der Waals surface area contributed by atoms with Gasteiger partial charge in [-0.25, -0.2) is 0 Å². The minimum atomic E-state index is 1.12. The first-order valence-electron chi connectivity index (χ1n) is 16.7. The summed E-state index contributed by atoms with van der Waals surface area (Å²) in [6, 6.07) is 38.7. The maximum absolute atomic E-state index is 2.38. The van der Waals surface area contributed by atoms with Crippen molar-refractivity contribution in [2.75, 3.05) is 0 Å². The van der Waals surface area contributed by atoms with Crippen LogP contribution in [0.1, 0.15) is 33.6 Å². The molecule has 10 rings (SSSR count). The van der Waals surface area contributed by atoms with Crippen molar-refractivity contribution in [3.8, 4) is 33.4 Å². The summed E-state index contributed by atoms with van der Waals surface area (Å²) >= 11 is 5.84. The molecule has 0 atom stereocenters. The summed E-state index contributed by atoms with van der Waals surface area (Å²) in [7, 11) is 0. The number of aryl methyl sites for hydroxylation is 1. The van der Waals surface area contributed by atoms with Crippen molar-refractivity contribution in [3.05, 3.63) is 136 Å². The number of fused-ring (bicyclic) bond motifs is 9. The van der Waals surface area contributed by atoms with Crippen molar-refractivity contribution >= 4 is 90.5 Å². The van der Waals surface area contributed by atoms with Gasteiger partial charge in [0.1, 0.15) is 0 Å². The molecule has 0 radical (unpaired) electrons. The zero-order valence-electron chi connectivity index (χ0n) is 27.1. The van der Waals surface area contributed by atoms with Crippen LogP contribution in [0.25, 0.3) is 89.9 Å². The topological polar surface area (TPSA) is 0 Å². The van der Waals surface area contributed by atoms with Crippen LogP contribution in [0.5, 0.6) is 0 Å². The molecule has 9 aromatic rings. The second kappa shape index (κ2) is 10.7. The van der Waals surface area contributed by atoms with E-state index in [1.807, 2.05) is 34.0 Å². The molecule has 0 unspecified atom stereocenters.